The average molecular weight is 327 g/mol. The lowest BCUT2D eigenvalue weighted by molar-refractivity contribution is 0.0922. The zero-order valence-electron chi connectivity index (χ0n) is 12.3. The maximum Gasteiger partial charge on any atom is 0.262 e. The average Bonchev–Trinajstić information content (AvgIpc) is 2.96. The summed E-state index contributed by atoms with van der Waals surface area (Å²) in [4.78, 5) is 14.5. The molecule has 7 heteroatoms. The molecule has 1 aromatic rings. The van der Waals surface area contributed by atoms with Crippen LogP contribution in [0.25, 0.3) is 0 Å². The number of hydrogen-bond acceptors (Lipinski definition) is 5. The monoisotopic (exact) mass is 327 g/mol. The summed E-state index contributed by atoms with van der Waals surface area (Å²) in [5, 5.41) is 15.0. The summed E-state index contributed by atoms with van der Waals surface area (Å²) in [6.07, 6.45) is 2.18. The zero-order valence-corrected chi connectivity index (χ0v) is 13.9. The number of thioether (sulfide) groups is 1. The molecule has 1 aromatic heterocycles. The lowest BCUT2D eigenvalue weighted by atomic mass is 9.91. The van der Waals surface area contributed by atoms with Gasteiger partial charge in [0.25, 0.3) is 5.91 Å². The van der Waals surface area contributed by atoms with Gasteiger partial charge >= 0.3 is 0 Å². The van der Waals surface area contributed by atoms with E-state index in [1.807, 2.05) is 31.7 Å². The van der Waals surface area contributed by atoms with E-state index in [2.05, 4.69) is 10.5 Å². The molecule has 116 valence electrons. The molecule has 0 unspecified atom stereocenters. The van der Waals surface area contributed by atoms with Gasteiger partial charge in [0.15, 0.2) is 5.84 Å². The molecule has 0 atom stereocenters. The zero-order chi connectivity index (χ0) is 15.5. The lowest BCUT2D eigenvalue weighted by Crippen LogP contribution is -2.56. The van der Waals surface area contributed by atoms with Crippen molar-refractivity contribution >= 4 is 34.8 Å². The highest BCUT2D eigenvalue weighted by Gasteiger charge is 2.34. The number of amidine groups is 1. The number of fused-ring (bicyclic) bond motifs is 1. The van der Waals surface area contributed by atoms with Crippen LogP contribution in [0, 0.1) is 0 Å². The molecule has 0 saturated heterocycles. The number of aryl methyl sites for hydroxylation is 1. The van der Waals surface area contributed by atoms with Crippen molar-refractivity contribution in [2.75, 3.05) is 5.75 Å². The summed E-state index contributed by atoms with van der Waals surface area (Å²) < 4.78 is 0. The minimum absolute atomic E-state index is 0.0534. The van der Waals surface area contributed by atoms with Crippen LogP contribution in [0.5, 0.6) is 0 Å². The van der Waals surface area contributed by atoms with E-state index in [0.717, 1.165) is 17.9 Å². The second-order valence-electron chi connectivity index (χ2n) is 5.09. The Bertz CT molecular complexity index is 527. The second-order valence-corrected chi connectivity index (χ2v) is 7.33. The molecule has 0 saturated carbocycles. The fourth-order valence-electron chi connectivity index (χ4n) is 2.49. The van der Waals surface area contributed by atoms with Crippen molar-refractivity contribution in [3.05, 3.63) is 21.4 Å². The third kappa shape index (κ3) is 3.18. The van der Waals surface area contributed by atoms with Gasteiger partial charge in [0.2, 0.25) is 0 Å². The van der Waals surface area contributed by atoms with E-state index in [0.29, 0.717) is 17.7 Å². The largest absolute Gasteiger partial charge is 0.409 e. The lowest BCUT2D eigenvalue weighted by Gasteiger charge is -2.31. The number of nitrogens with two attached hydrogens (primary N) is 1. The van der Waals surface area contributed by atoms with Crippen LogP contribution in [-0.2, 0) is 12.2 Å². The summed E-state index contributed by atoms with van der Waals surface area (Å²) >= 11 is 3.45. The van der Waals surface area contributed by atoms with Gasteiger partial charge in [0.05, 0.1) is 4.88 Å². The number of thiophene rings is 1. The molecule has 0 aromatic carbocycles. The number of nitrogens with zero attached hydrogens (tertiary/aromatic N) is 1. The molecule has 2 rings (SSSR count). The van der Waals surface area contributed by atoms with Crippen LogP contribution in [0.2, 0.25) is 0 Å². The Morgan fingerprint density at radius 3 is 2.81 bits per heavy atom. The van der Waals surface area contributed by atoms with Crippen LogP contribution in [-0.4, -0.2) is 28.2 Å². The third-order valence-corrected chi connectivity index (χ3v) is 6.25. The van der Waals surface area contributed by atoms with Crippen LogP contribution in [0.1, 0.15) is 46.8 Å². The molecular weight excluding hydrogens is 306 g/mol. The maximum absolute atomic E-state index is 12.5. The Morgan fingerprint density at radius 2 is 2.24 bits per heavy atom. The molecule has 4 N–H and O–H groups in total. The van der Waals surface area contributed by atoms with E-state index < -0.39 is 5.54 Å². The first kappa shape index (κ1) is 16.2. The predicted octanol–water partition coefficient (Wildman–Crippen LogP) is 2.57. The van der Waals surface area contributed by atoms with E-state index in [4.69, 9.17) is 10.9 Å². The Kier molecular flexibility index (Phi) is 5.16. The van der Waals surface area contributed by atoms with Gasteiger partial charge < -0.3 is 16.3 Å². The van der Waals surface area contributed by atoms with Crippen LogP contribution in [0.3, 0.4) is 0 Å². The molecule has 21 heavy (non-hydrogen) atoms. The van der Waals surface area contributed by atoms with E-state index in [-0.39, 0.29) is 11.7 Å². The molecule has 2 heterocycles. The first-order valence-electron chi connectivity index (χ1n) is 7.06. The van der Waals surface area contributed by atoms with E-state index in [1.54, 1.807) is 11.3 Å². The molecule has 1 aliphatic heterocycles. The summed E-state index contributed by atoms with van der Waals surface area (Å²) in [6.45, 7) is 3.83. The fraction of sp³-hybridized carbons (Fsp3) is 0.571. The fourth-order valence-corrected chi connectivity index (χ4v) is 4.75. The van der Waals surface area contributed by atoms with Gasteiger partial charge in [-0.1, -0.05) is 19.0 Å². The van der Waals surface area contributed by atoms with Crippen LogP contribution < -0.4 is 11.1 Å². The van der Waals surface area contributed by atoms with Crippen molar-refractivity contribution in [2.24, 2.45) is 10.9 Å². The number of hydrogen-bond donors (Lipinski definition) is 3. The van der Waals surface area contributed by atoms with Gasteiger partial charge in [-0.2, -0.15) is 11.8 Å². The van der Waals surface area contributed by atoms with Gasteiger partial charge in [-0.3, -0.25) is 4.79 Å². The molecular formula is C14H21N3O2S2. The number of oxime groups is 1. The molecule has 0 spiro atoms. The summed E-state index contributed by atoms with van der Waals surface area (Å²) in [6, 6.07) is 1.98. The van der Waals surface area contributed by atoms with Gasteiger partial charge in [-0.05, 0) is 36.6 Å². The molecule has 0 aliphatic carbocycles. The minimum Gasteiger partial charge on any atom is -0.409 e. The topological polar surface area (TPSA) is 87.7 Å². The van der Waals surface area contributed by atoms with Gasteiger partial charge in [0, 0.05) is 10.6 Å². The molecule has 0 fully saturated rings. The number of amides is 1. The Hall–Kier alpha value is -1.21. The Labute approximate surface area is 133 Å². The van der Waals surface area contributed by atoms with Crippen molar-refractivity contribution in [2.45, 2.75) is 44.4 Å². The van der Waals surface area contributed by atoms with Crippen LogP contribution >= 0.6 is 23.1 Å². The van der Waals surface area contributed by atoms with E-state index in [9.17, 15) is 4.79 Å². The van der Waals surface area contributed by atoms with Crippen molar-refractivity contribution in [1.29, 1.82) is 0 Å². The smallest absolute Gasteiger partial charge is 0.262 e. The van der Waals surface area contributed by atoms with Gasteiger partial charge in [0.1, 0.15) is 5.54 Å². The first-order valence-corrected chi connectivity index (χ1v) is 9.03. The first-order chi connectivity index (χ1) is 10.1. The summed E-state index contributed by atoms with van der Waals surface area (Å²) in [5.41, 5.74) is 6.26. The standard InChI is InChI=1S/C14H21N3O2S2/c1-3-14(4-2,13(15)17-19)16-12(18)11-7-9-8-20-6-5-10(9)21-11/h7,19H,3-6,8H2,1-2H3,(H2,15,17)(H,16,18). The quantitative estimate of drug-likeness (QED) is 0.336. The second kappa shape index (κ2) is 6.70. The van der Waals surface area contributed by atoms with Crippen molar-refractivity contribution in [3.63, 3.8) is 0 Å². The number of nitrogens with one attached hydrogen (secondary N) is 1. The van der Waals surface area contributed by atoms with E-state index >= 15 is 0 Å². The van der Waals surface area contributed by atoms with Crippen molar-refractivity contribution in [3.8, 4) is 0 Å². The highest BCUT2D eigenvalue weighted by Crippen LogP contribution is 2.32. The summed E-state index contributed by atoms with van der Waals surface area (Å²) in [5.74, 6) is 2.01. The van der Waals surface area contributed by atoms with Crippen LogP contribution in [0.15, 0.2) is 11.2 Å². The van der Waals surface area contributed by atoms with Gasteiger partial charge in [-0.15, -0.1) is 11.3 Å². The van der Waals surface area contributed by atoms with Crippen molar-refractivity contribution in [1.82, 2.24) is 5.32 Å². The number of rotatable bonds is 5. The minimum atomic E-state index is -0.787. The maximum atomic E-state index is 12.5. The highest BCUT2D eigenvalue weighted by molar-refractivity contribution is 7.98. The number of carbonyl (C=O) groups is 1. The molecule has 1 amide bonds. The van der Waals surface area contributed by atoms with Crippen LogP contribution in [0.4, 0.5) is 0 Å². The predicted molar refractivity (Wildman–Crippen MR) is 88.4 cm³/mol. The highest BCUT2D eigenvalue weighted by atomic mass is 32.2. The molecule has 0 bridgehead atoms. The number of carbonyl (C=O) groups excluding carboxylic acids is 1. The molecule has 0 radical (unpaired) electrons. The Morgan fingerprint density at radius 1 is 1.52 bits per heavy atom. The van der Waals surface area contributed by atoms with E-state index in [1.165, 1.54) is 10.4 Å². The third-order valence-electron chi connectivity index (χ3n) is 4.01. The van der Waals surface area contributed by atoms with Gasteiger partial charge in [-0.25, -0.2) is 0 Å². The SMILES string of the molecule is CCC(CC)(NC(=O)c1cc2c(s1)CCSC2)C(N)=NO. The van der Waals surface area contributed by atoms with Crippen molar-refractivity contribution < 1.29 is 10.0 Å². The normalized spacial score (nSPS) is 15.6. The summed E-state index contributed by atoms with van der Waals surface area (Å²) in [7, 11) is 0. The molecule has 1 aliphatic rings. The Balaban J connectivity index is 2.21. The molecule has 5 nitrogen and oxygen atoms in total.